The van der Waals surface area contributed by atoms with Gasteiger partial charge in [-0.1, -0.05) is 43.3 Å². The van der Waals surface area contributed by atoms with Crippen LogP contribution in [-0.4, -0.2) is 19.7 Å². The van der Waals surface area contributed by atoms with E-state index in [4.69, 9.17) is 9.47 Å². The summed E-state index contributed by atoms with van der Waals surface area (Å²) >= 11 is 0. The summed E-state index contributed by atoms with van der Waals surface area (Å²) in [5, 5.41) is 0. The van der Waals surface area contributed by atoms with E-state index in [9.17, 15) is 4.79 Å². The smallest absolute Gasteiger partial charge is 0.309 e. The number of rotatable bonds is 6. The van der Waals surface area contributed by atoms with Gasteiger partial charge >= 0.3 is 5.97 Å². The molecule has 0 bridgehead atoms. The van der Waals surface area contributed by atoms with E-state index in [1.807, 2.05) is 24.3 Å². The molecule has 2 rings (SSSR count). The summed E-state index contributed by atoms with van der Waals surface area (Å²) in [5.41, 5.74) is 2.06. The van der Waals surface area contributed by atoms with E-state index in [-0.39, 0.29) is 5.97 Å². The molecule has 1 aliphatic rings. The standard InChI is InChI=1S/C18H24O3/c1-14-7-3-4-9-16(14)12-21-13-17-10-6-5-8-15(17)11-18(19)20-2/h3-6,8,10,14,16H,7,9,11-13H2,1-2H3. The Bertz CT molecular complexity index is 493. The van der Waals surface area contributed by atoms with Gasteiger partial charge in [-0.25, -0.2) is 0 Å². The monoisotopic (exact) mass is 288 g/mol. The molecule has 1 aromatic rings. The summed E-state index contributed by atoms with van der Waals surface area (Å²) in [5.74, 6) is 1.07. The lowest BCUT2D eigenvalue weighted by Crippen LogP contribution is -2.19. The van der Waals surface area contributed by atoms with Crippen LogP contribution in [0.15, 0.2) is 36.4 Å². The van der Waals surface area contributed by atoms with Crippen LogP contribution >= 0.6 is 0 Å². The summed E-state index contributed by atoms with van der Waals surface area (Å²) in [4.78, 5) is 11.4. The van der Waals surface area contributed by atoms with Crippen LogP contribution in [0.2, 0.25) is 0 Å². The molecule has 0 fully saturated rings. The Morgan fingerprint density at radius 2 is 1.90 bits per heavy atom. The second-order valence-electron chi connectivity index (χ2n) is 5.72. The predicted molar refractivity (Wildman–Crippen MR) is 82.8 cm³/mol. The number of methoxy groups -OCH3 is 1. The highest BCUT2D eigenvalue weighted by atomic mass is 16.5. The molecule has 21 heavy (non-hydrogen) atoms. The molecule has 3 heteroatoms. The molecular formula is C18H24O3. The summed E-state index contributed by atoms with van der Waals surface area (Å²) in [6.45, 7) is 3.61. The Balaban J connectivity index is 1.88. The van der Waals surface area contributed by atoms with Gasteiger partial charge in [-0.2, -0.15) is 0 Å². The zero-order valence-corrected chi connectivity index (χ0v) is 12.9. The van der Waals surface area contributed by atoms with Gasteiger partial charge in [0.25, 0.3) is 0 Å². The van der Waals surface area contributed by atoms with Gasteiger partial charge in [0, 0.05) is 0 Å². The maximum absolute atomic E-state index is 11.4. The lowest BCUT2D eigenvalue weighted by atomic mass is 9.85. The molecule has 2 atom stereocenters. The molecule has 0 aliphatic heterocycles. The van der Waals surface area contributed by atoms with Crippen molar-refractivity contribution in [2.45, 2.75) is 32.8 Å². The lowest BCUT2D eigenvalue weighted by molar-refractivity contribution is -0.139. The van der Waals surface area contributed by atoms with Gasteiger partial charge in [0.05, 0.1) is 26.7 Å². The number of carbonyl (C=O) groups excluding carboxylic acids is 1. The number of ether oxygens (including phenoxy) is 2. The normalized spacial score (nSPS) is 21.2. The van der Waals surface area contributed by atoms with Crippen molar-refractivity contribution >= 4 is 5.97 Å². The largest absolute Gasteiger partial charge is 0.469 e. The number of benzene rings is 1. The predicted octanol–water partition coefficient (Wildman–Crippen LogP) is 3.52. The van der Waals surface area contributed by atoms with Crippen molar-refractivity contribution in [2.24, 2.45) is 11.8 Å². The average molecular weight is 288 g/mol. The Hall–Kier alpha value is -1.61. The Morgan fingerprint density at radius 3 is 2.62 bits per heavy atom. The third kappa shape index (κ3) is 4.71. The Morgan fingerprint density at radius 1 is 1.19 bits per heavy atom. The molecule has 0 N–H and O–H groups in total. The minimum atomic E-state index is -0.214. The van der Waals surface area contributed by atoms with E-state index in [0.717, 1.165) is 30.6 Å². The van der Waals surface area contributed by atoms with E-state index in [2.05, 4.69) is 19.1 Å². The van der Waals surface area contributed by atoms with Crippen LogP contribution < -0.4 is 0 Å². The van der Waals surface area contributed by atoms with E-state index in [1.165, 1.54) is 7.11 Å². The fourth-order valence-electron chi connectivity index (χ4n) is 2.66. The molecule has 114 valence electrons. The first-order chi connectivity index (χ1) is 10.2. The highest BCUT2D eigenvalue weighted by molar-refractivity contribution is 5.72. The molecule has 0 spiro atoms. The zero-order chi connectivity index (χ0) is 15.1. The molecule has 0 saturated heterocycles. The average Bonchev–Trinajstić information content (AvgIpc) is 2.50. The highest BCUT2D eigenvalue weighted by Gasteiger charge is 2.18. The van der Waals surface area contributed by atoms with E-state index >= 15 is 0 Å². The number of hydrogen-bond acceptors (Lipinski definition) is 3. The van der Waals surface area contributed by atoms with Crippen LogP contribution in [0, 0.1) is 11.8 Å². The molecule has 1 aliphatic carbocycles. The minimum absolute atomic E-state index is 0.214. The fourth-order valence-corrected chi connectivity index (χ4v) is 2.66. The van der Waals surface area contributed by atoms with Crippen molar-refractivity contribution in [2.75, 3.05) is 13.7 Å². The second kappa shape index (κ2) is 7.99. The molecule has 1 aromatic carbocycles. The molecule has 2 unspecified atom stereocenters. The molecule has 0 heterocycles. The van der Waals surface area contributed by atoms with E-state index in [0.29, 0.717) is 24.9 Å². The van der Waals surface area contributed by atoms with Crippen molar-refractivity contribution in [1.82, 2.24) is 0 Å². The Kier molecular flexibility index (Phi) is 6.00. The van der Waals surface area contributed by atoms with Crippen LogP contribution in [0.1, 0.15) is 30.9 Å². The first-order valence-corrected chi connectivity index (χ1v) is 7.57. The van der Waals surface area contributed by atoms with E-state index < -0.39 is 0 Å². The van der Waals surface area contributed by atoms with Crippen molar-refractivity contribution in [3.63, 3.8) is 0 Å². The third-order valence-corrected chi connectivity index (χ3v) is 4.19. The molecule has 0 amide bonds. The van der Waals surface area contributed by atoms with E-state index in [1.54, 1.807) is 0 Å². The second-order valence-corrected chi connectivity index (χ2v) is 5.72. The molecule has 0 saturated carbocycles. The minimum Gasteiger partial charge on any atom is -0.469 e. The number of carbonyl (C=O) groups is 1. The third-order valence-electron chi connectivity index (χ3n) is 4.19. The molecule has 3 nitrogen and oxygen atoms in total. The van der Waals surface area contributed by atoms with Gasteiger partial charge in [-0.3, -0.25) is 4.79 Å². The SMILES string of the molecule is COC(=O)Cc1ccccc1COCC1CC=CCC1C. The van der Waals surface area contributed by atoms with Crippen LogP contribution in [0.3, 0.4) is 0 Å². The summed E-state index contributed by atoms with van der Waals surface area (Å²) in [7, 11) is 1.42. The first kappa shape index (κ1) is 15.8. The van der Waals surface area contributed by atoms with Crippen LogP contribution in [-0.2, 0) is 27.3 Å². The van der Waals surface area contributed by atoms with Gasteiger partial charge in [0.1, 0.15) is 0 Å². The zero-order valence-electron chi connectivity index (χ0n) is 12.9. The van der Waals surface area contributed by atoms with Crippen molar-refractivity contribution in [1.29, 1.82) is 0 Å². The van der Waals surface area contributed by atoms with Crippen LogP contribution in [0.4, 0.5) is 0 Å². The van der Waals surface area contributed by atoms with Gasteiger partial charge in [0.15, 0.2) is 0 Å². The molecule has 0 radical (unpaired) electrons. The van der Waals surface area contributed by atoms with Gasteiger partial charge in [0.2, 0.25) is 0 Å². The number of allylic oxidation sites excluding steroid dienone is 2. The van der Waals surface area contributed by atoms with Gasteiger partial charge in [-0.05, 0) is 35.8 Å². The molecule has 0 aromatic heterocycles. The maximum Gasteiger partial charge on any atom is 0.309 e. The Labute approximate surface area is 127 Å². The van der Waals surface area contributed by atoms with Crippen molar-refractivity contribution in [3.8, 4) is 0 Å². The first-order valence-electron chi connectivity index (χ1n) is 7.57. The highest BCUT2D eigenvalue weighted by Crippen LogP contribution is 2.25. The summed E-state index contributed by atoms with van der Waals surface area (Å²) in [6, 6.07) is 7.89. The number of hydrogen-bond donors (Lipinski definition) is 0. The number of esters is 1. The van der Waals surface area contributed by atoms with Crippen LogP contribution in [0.5, 0.6) is 0 Å². The van der Waals surface area contributed by atoms with Crippen LogP contribution in [0.25, 0.3) is 0 Å². The summed E-state index contributed by atoms with van der Waals surface area (Å²) < 4.78 is 10.6. The maximum atomic E-state index is 11.4. The topological polar surface area (TPSA) is 35.5 Å². The molecular weight excluding hydrogens is 264 g/mol. The lowest BCUT2D eigenvalue weighted by Gasteiger charge is -2.25. The van der Waals surface area contributed by atoms with Gasteiger partial charge < -0.3 is 9.47 Å². The quantitative estimate of drug-likeness (QED) is 0.593. The van der Waals surface area contributed by atoms with Crippen molar-refractivity contribution < 1.29 is 14.3 Å². The van der Waals surface area contributed by atoms with Gasteiger partial charge in [-0.15, -0.1) is 0 Å². The van der Waals surface area contributed by atoms with Crippen molar-refractivity contribution in [3.05, 3.63) is 47.5 Å². The fraction of sp³-hybridized carbons (Fsp3) is 0.500. The summed E-state index contributed by atoms with van der Waals surface area (Å²) in [6.07, 6.45) is 7.06.